The van der Waals surface area contributed by atoms with Crippen LogP contribution in [-0.2, 0) is 5.75 Å². The molecule has 1 fully saturated rings. The van der Waals surface area contributed by atoms with Gasteiger partial charge in [-0.2, -0.15) is 0 Å². The highest BCUT2D eigenvalue weighted by atomic mass is 35.5. The first-order valence-corrected chi connectivity index (χ1v) is 9.37. The number of hydrogen-bond acceptors (Lipinski definition) is 4. The highest BCUT2D eigenvalue weighted by Gasteiger charge is 2.30. The Hall–Kier alpha value is -1.30. The minimum atomic E-state index is 0.568. The maximum atomic E-state index is 6.00. The molecule has 1 aromatic carbocycles. The maximum absolute atomic E-state index is 6.00. The van der Waals surface area contributed by atoms with Crippen molar-refractivity contribution in [2.24, 2.45) is 0 Å². The lowest BCUT2D eigenvalue weighted by molar-refractivity contribution is 0.829. The van der Waals surface area contributed by atoms with Gasteiger partial charge in [0.15, 0.2) is 5.16 Å². The van der Waals surface area contributed by atoms with Crippen molar-refractivity contribution in [3.05, 3.63) is 57.5 Å². The van der Waals surface area contributed by atoms with Crippen molar-refractivity contribution in [1.29, 1.82) is 0 Å². The number of hydrogen-bond donors (Lipinski definition) is 0. The lowest BCUT2D eigenvalue weighted by Gasteiger charge is -2.09. The van der Waals surface area contributed by atoms with E-state index < -0.39 is 0 Å². The van der Waals surface area contributed by atoms with Crippen molar-refractivity contribution in [3.8, 4) is 5.69 Å². The predicted octanol–water partition coefficient (Wildman–Crippen LogP) is 5.15. The quantitative estimate of drug-likeness (QED) is 0.598. The zero-order valence-corrected chi connectivity index (χ0v) is 14.2. The van der Waals surface area contributed by atoms with Crippen molar-refractivity contribution in [3.63, 3.8) is 0 Å². The largest absolute Gasteiger partial charge is 0.274 e. The minimum Gasteiger partial charge on any atom is -0.274 e. The van der Waals surface area contributed by atoms with Gasteiger partial charge in [0.1, 0.15) is 5.82 Å². The lowest BCUT2D eigenvalue weighted by atomic mass is 10.3. The first kappa shape index (κ1) is 14.3. The maximum Gasteiger partial charge on any atom is 0.196 e. The summed E-state index contributed by atoms with van der Waals surface area (Å²) in [6, 6.07) is 14.4. The Balaban J connectivity index is 1.64. The number of para-hydroxylation sites is 1. The average molecular weight is 348 g/mol. The summed E-state index contributed by atoms with van der Waals surface area (Å²) < 4.78 is 3.04. The number of nitrogens with zero attached hydrogens (tertiary/aromatic N) is 3. The summed E-state index contributed by atoms with van der Waals surface area (Å²) in [5, 5.41) is 9.82. The molecule has 6 heteroatoms. The van der Waals surface area contributed by atoms with E-state index in [1.165, 1.54) is 17.7 Å². The van der Waals surface area contributed by atoms with Crippen LogP contribution in [0, 0.1) is 0 Å². The van der Waals surface area contributed by atoms with Crippen molar-refractivity contribution in [2.45, 2.75) is 29.7 Å². The summed E-state index contributed by atoms with van der Waals surface area (Å²) >= 11 is 9.34. The molecule has 0 saturated heterocycles. The fourth-order valence-corrected chi connectivity index (χ4v) is 4.45. The van der Waals surface area contributed by atoms with Gasteiger partial charge in [-0.15, -0.1) is 21.5 Å². The number of aromatic nitrogens is 3. The summed E-state index contributed by atoms with van der Waals surface area (Å²) in [4.78, 5) is 1.26. The van der Waals surface area contributed by atoms with Crippen LogP contribution in [0.4, 0.5) is 0 Å². The molecule has 0 aliphatic heterocycles. The van der Waals surface area contributed by atoms with E-state index in [1.807, 2.05) is 12.1 Å². The van der Waals surface area contributed by atoms with Crippen molar-refractivity contribution >= 4 is 34.7 Å². The van der Waals surface area contributed by atoms with Crippen LogP contribution in [0.2, 0.25) is 4.34 Å². The standard InChI is InChI=1S/C16H14ClN3S2/c17-14-9-8-13(22-14)10-21-16-19-18-15(11-6-7-11)20(16)12-4-2-1-3-5-12/h1-5,8-9,11H,6-7,10H2. The molecule has 0 N–H and O–H groups in total. The molecule has 0 bridgehead atoms. The van der Waals surface area contributed by atoms with Crippen LogP contribution in [-0.4, -0.2) is 14.8 Å². The third-order valence-electron chi connectivity index (χ3n) is 3.59. The molecule has 0 spiro atoms. The predicted molar refractivity (Wildman–Crippen MR) is 92.2 cm³/mol. The van der Waals surface area contributed by atoms with Gasteiger partial charge in [-0.25, -0.2) is 0 Å². The van der Waals surface area contributed by atoms with Crippen LogP contribution < -0.4 is 0 Å². The van der Waals surface area contributed by atoms with Crippen molar-refractivity contribution < 1.29 is 0 Å². The Kier molecular flexibility index (Phi) is 3.94. The van der Waals surface area contributed by atoms with E-state index in [2.05, 4.69) is 45.1 Å². The number of benzene rings is 1. The van der Waals surface area contributed by atoms with Crippen LogP contribution in [0.25, 0.3) is 5.69 Å². The van der Waals surface area contributed by atoms with E-state index in [-0.39, 0.29) is 0 Å². The first-order valence-electron chi connectivity index (χ1n) is 7.19. The zero-order valence-electron chi connectivity index (χ0n) is 11.8. The summed E-state index contributed by atoms with van der Waals surface area (Å²) in [6.45, 7) is 0. The summed E-state index contributed by atoms with van der Waals surface area (Å²) in [5.41, 5.74) is 1.14. The molecule has 4 rings (SSSR count). The van der Waals surface area contributed by atoms with Crippen LogP contribution in [0.5, 0.6) is 0 Å². The van der Waals surface area contributed by atoms with Crippen LogP contribution in [0.15, 0.2) is 47.6 Å². The smallest absolute Gasteiger partial charge is 0.196 e. The van der Waals surface area contributed by atoms with E-state index in [1.54, 1.807) is 23.1 Å². The van der Waals surface area contributed by atoms with Gasteiger partial charge in [-0.05, 0) is 37.1 Å². The normalized spacial score (nSPS) is 14.4. The third-order valence-corrected chi connectivity index (χ3v) is 5.98. The Bertz CT molecular complexity index is 778. The van der Waals surface area contributed by atoms with Gasteiger partial charge in [0.2, 0.25) is 0 Å². The van der Waals surface area contributed by atoms with Gasteiger partial charge in [-0.3, -0.25) is 4.57 Å². The zero-order chi connectivity index (χ0) is 14.9. The molecule has 3 aromatic rings. The molecule has 0 unspecified atom stereocenters. The molecule has 0 radical (unpaired) electrons. The second kappa shape index (κ2) is 6.07. The number of thioether (sulfide) groups is 1. The van der Waals surface area contributed by atoms with Gasteiger partial charge in [-0.1, -0.05) is 41.6 Å². The molecule has 22 heavy (non-hydrogen) atoms. The third kappa shape index (κ3) is 2.93. The SMILES string of the molecule is Clc1ccc(CSc2nnc(C3CC3)n2-c2ccccc2)s1. The molecule has 1 saturated carbocycles. The molecule has 1 aliphatic carbocycles. The van der Waals surface area contributed by atoms with E-state index in [0.717, 1.165) is 26.8 Å². The monoisotopic (exact) mass is 347 g/mol. The number of rotatable bonds is 5. The summed E-state index contributed by atoms with van der Waals surface area (Å²) in [6.07, 6.45) is 2.44. The summed E-state index contributed by atoms with van der Waals surface area (Å²) in [7, 11) is 0. The van der Waals surface area contributed by atoms with Crippen LogP contribution in [0.3, 0.4) is 0 Å². The molecule has 0 atom stereocenters. The molecule has 3 nitrogen and oxygen atoms in total. The number of thiophene rings is 1. The molecule has 2 aromatic heterocycles. The Morgan fingerprint density at radius 2 is 1.95 bits per heavy atom. The molecule has 1 aliphatic rings. The van der Waals surface area contributed by atoms with Gasteiger partial charge in [0.25, 0.3) is 0 Å². The van der Waals surface area contributed by atoms with E-state index in [0.29, 0.717) is 5.92 Å². The van der Waals surface area contributed by atoms with Gasteiger partial charge >= 0.3 is 0 Å². The second-order valence-corrected chi connectivity index (χ2v) is 8.02. The lowest BCUT2D eigenvalue weighted by Crippen LogP contribution is -2.01. The van der Waals surface area contributed by atoms with Gasteiger partial charge < -0.3 is 0 Å². The topological polar surface area (TPSA) is 30.7 Å². The van der Waals surface area contributed by atoms with E-state index in [4.69, 9.17) is 11.6 Å². The van der Waals surface area contributed by atoms with Gasteiger partial charge in [0, 0.05) is 22.2 Å². The fraction of sp³-hybridized carbons (Fsp3) is 0.250. The minimum absolute atomic E-state index is 0.568. The van der Waals surface area contributed by atoms with Crippen molar-refractivity contribution in [2.75, 3.05) is 0 Å². The molecule has 0 amide bonds. The summed E-state index contributed by atoms with van der Waals surface area (Å²) in [5.74, 6) is 2.53. The molecular weight excluding hydrogens is 334 g/mol. The highest BCUT2D eigenvalue weighted by Crippen LogP contribution is 2.41. The average Bonchev–Trinajstić information content (AvgIpc) is 3.17. The fourth-order valence-electron chi connectivity index (χ4n) is 2.37. The number of halogens is 1. The van der Waals surface area contributed by atoms with E-state index >= 15 is 0 Å². The molecular formula is C16H14ClN3S2. The Morgan fingerprint density at radius 3 is 2.64 bits per heavy atom. The van der Waals surface area contributed by atoms with E-state index in [9.17, 15) is 0 Å². The Labute approximate surface area is 142 Å². The second-order valence-electron chi connectivity index (χ2n) is 5.28. The van der Waals surface area contributed by atoms with Crippen LogP contribution >= 0.6 is 34.7 Å². The first-order chi connectivity index (χ1) is 10.8. The van der Waals surface area contributed by atoms with Crippen LogP contribution in [0.1, 0.15) is 29.5 Å². The van der Waals surface area contributed by atoms with Gasteiger partial charge in [0.05, 0.1) is 4.34 Å². The highest BCUT2D eigenvalue weighted by molar-refractivity contribution is 7.98. The Morgan fingerprint density at radius 1 is 1.14 bits per heavy atom. The molecule has 112 valence electrons. The molecule has 2 heterocycles. The van der Waals surface area contributed by atoms with Crippen molar-refractivity contribution in [1.82, 2.24) is 14.8 Å².